The maximum Gasteiger partial charge on any atom is 0.240 e. The Labute approximate surface area is 117 Å². The van der Waals surface area contributed by atoms with E-state index >= 15 is 0 Å². The van der Waals surface area contributed by atoms with E-state index in [4.69, 9.17) is 5.73 Å². The molecule has 0 aliphatic carbocycles. The monoisotopic (exact) mass is 304 g/mol. The molecule has 0 bridgehead atoms. The van der Waals surface area contributed by atoms with Gasteiger partial charge in [-0.2, -0.15) is 11.8 Å². The maximum atomic E-state index is 13.3. The minimum Gasteiger partial charge on any atom is -0.326 e. The Balaban J connectivity index is 2.18. The molecule has 2 rings (SSSR count). The Morgan fingerprint density at radius 2 is 2.26 bits per heavy atom. The van der Waals surface area contributed by atoms with Crippen molar-refractivity contribution in [3.8, 4) is 0 Å². The highest BCUT2D eigenvalue weighted by atomic mass is 32.2. The molecule has 0 spiro atoms. The van der Waals surface area contributed by atoms with E-state index in [1.165, 1.54) is 12.1 Å². The molecule has 0 radical (unpaired) electrons. The molecule has 1 aromatic rings. The highest BCUT2D eigenvalue weighted by Gasteiger charge is 2.22. The second-order valence-electron chi connectivity index (χ2n) is 4.49. The van der Waals surface area contributed by atoms with Gasteiger partial charge in [-0.1, -0.05) is 0 Å². The first-order valence-electron chi connectivity index (χ1n) is 6.11. The Morgan fingerprint density at radius 1 is 1.47 bits per heavy atom. The molecule has 3 N–H and O–H groups in total. The van der Waals surface area contributed by atoms with Gasteiger partial charge in [-0.25, -0.2) is 17.5 Å². The van der Waals surface area contributed by atoms with E-state index in [2.05, 4.69) is 4.72 Å². The molecule has 0 amide bonds. The van der Waals surface area contributed by atoms with Gasteiger partial charge in [-0.05, 0) is 36.8 Å². The topological polar surface area (TPSA) is 72.2 Å². The van der Waals surface area contributed by atoms with Gasteiger partial charge in [0.15, 0.2) is 0 Å². The van der Waals surface area contributed by atoms with Crippen molar-refractivity contribution in [1.29, 1.82) is 0 Å². The van der Waals surface area contributed by atoms with Crippen LogP contribution in [0.3, 0.4) is 0 Å². The summed E-state index contributed by atoms with van der Waals surface area (Å²) < 4.78 is 40.4. The Hall–Kier alpha value is -0.630. The van der Waals surface area contributed by atoms with Crippen molar-refractivity contribution in [2.75, 3.05) is 11.5 Å². The van der Waals surface area contributed by atoms with Gasteiger partial charge < -0.3 is 5.73 Å². The average molecular weight is 304 g/mol. The summed E-state index contributed by atoms with van der Waals surface area (Å²) in [4.78, 5) is 0.0740. The largest absolute Gasteiger partial charge is 0.326 e. The van der Waals surface area contributed by atoms with Crippen LogP contribution in [-0.4, -0.2) is 26.0 Å². The van der Waals surface area contributed by atoms with Crippen molar-refractivity contribution in [2.45, 2.75) is 30.3 Å². The number of nitrogens with one attached hydrogen (secondary N) is 1. The highest BCUT2D eigenvalue weighted by molar-refractivity contribution is 7.99. The molecule has 1 fully saturated rings. The molecule has 1 heterocycles. The second kappa shape index (κ2) is 6.21. The summed E-state index contributed by atoms with van der Waals surface area (Å²) in [6.07, 6.45) is 1.85. The van der Waals surface area contributed by atoms with Crippen LogP contribution in [0.5, 0.6) is 0 Å². The summed E-state index contributed by atoms with van der Waals surface area (Å²) >= 11 is 1.74. The van der Waals surface area contributed by atoms with Gasteiger partial charge in [-0.15, -0.1) is 0 Å². The van der Waals surface area contributed by atoms with Gasteiger partial charge in [0.25, 0.3) is 0 Å². The molecular formula is C12H17FN2O2S2. The minimum absolute atomic E-state index is 0.0194. The average Bonchev–Trinajstić information content (AvgIpc) is 2.39. The SMILES string of the molecule is NCc1cc(S(=O)(=O)NC2CCCSC2)ccc1F. The summed E-state index contributed by atoms with van der Waals surface area (Å²) in [5.74, 6) is 1.38. The molecule has 0 saturated carbocycles. The molecular weight excluding hydrogens is 287 g/mol. The number of halogens is 1. The molecule has 1 atom stereocenters. The van der Waals surface area contributed by atoms with Gasteiger partial charge in [-0.3, -0.25) is 0 Å². The lowest BCUT2D eigenvalue weighted by Crippen LogP contribution is -2.38. The lowest BCUT2D eigenvalue weighted by Gasteiger charge is -2.22. The smallest absolute Gasteiger partial charge is 0.240 e. The molecule has 106 valence electrons. The number of benzene rings is 1. The number of hydrogen-bond acceptors (Lipinski definition) is 4. The third-order valence-corrected chi connectivity index (χ3v) is 5.76. The fourth-order valence-corrected chi connectivity index (χ4v) is 4.49. The van der Waals surface area contributed by atoms with E-state index in [9.17, 15) is 12.8 Å². The van der Waals surface area contributed by atoms with Crippen molar-refractivity contribution >= 4 is 21.8 Å². The van der Waals surface area contributed by atoms with E-state index in [1.54, 1.807) is 11.8 Å². The van der Waals surface area contributed by atoms with Gasteiger partial charge in [0.2, 0.25) is 10.0 Å². The van der Waals surface area contributed by atoms with E-state index < -0.39 is 15.8 Å². The summed E-state index contributed by atoms with van der Waals surface area (Å²) in [5, 5.41) is 0. The number of thioether (sulfide) groups is 1. The summed E-state index contributed by atoms with van der Waals surface area (Å²) in [5.41, 5.74) is 5.60. The fraction of sp³-hybridized carbons (Fsp3) is 0.500. The zero-order valence-electron chi connectivity index (χ0n) is 10.4. The first-order valence-corrected chi connectivity index (χ1v) is 8.75. The lowest BCUT2D eigenvalue weighted by molar-refractivity contribution is 0.542. The highest BCUT2D eigenvalue weighted by Crippen LogP contribution is 2.20. The third kappa shape index (κ3) is 3.68. The number of sulfonamides is 1. The molecule has 4 nitrogen and oxygen atoms in total. The second-order valence-corrected chi connectivity index (χ2v) is 7.36. The van der Waals surface area contributed by atoms with E-state index in [0.717, 1.165) is 30.4 Å². The Morgan fingerprint density at radius 3 is 2.89 bits per heavy atom. The van der Waals surface area contributed by atoms with E-state index in [-0.39, 0.29) is 23.0 Å². The van der Waals surface area contributed by atoms with Crippen molar-refractivity contribution in [1.82, 2.24) is 4.72 Å². The van der Waals surface area contributed by atoms with Crippen LogP contribution in [0.25, 0.3) is 0 Å². The fourth-order valence-electron chi connectivity index (χ4n) is 2.00. The number of nitrogens with two attached hydrogens (primary N) is 1. The van der Waals surface area contributed by atoms with Gasteiger partial charge in [0.05, 0.1) is 4.90 Å². The van der Waals surface area contributed by atoms with Crippen LogP contribution >= 0.6 is 11.8 Å². The molecule has 1 aliphatic heterocycles. The van der Waals surface area contributed by atoms with Crippen molar-refractivity contribution in [2.24, 2.45) is 5.73 Å². The molecule has 7 heteroatoms. The van der Waals surface area contributed by atoms with Crippen molar-refractivity contribution in [3.63, 3.8) is 0 Å². The van der Waals surface area contributed by atoms with Crippen LogP contribution in [0.15, 0.2) is 23.1 Å². The Kier molecular flexibility index (Phi) is 4.83. The summed E-state index contributed by atoms with van der Waals surface area (Å²) in [6, 6.07) is 3.67. The van der Waals surface area contributed by atoms with Gasteiger partial charge >= 0.3 is 0 Å². The molecule has 1 aliphatic rings. The van der Waals surface area contributed by atoms with Crippen molar-refractivity contribution in [3.05, 3.63) is 29.6 Å². The standard InChI is InChI=1S/C12H17FN2O2S2/c13-12-4-3-11(6-9(12)7-14)19(16,17)15-10-2-1-5-18-8-10/h3-4,6,10,15H,1-2,5,7-8,14H2. The van der Waals surface area contributed by atoms with Gasteiger partial charge in [0, 0.05) is 23.9 Å². The minimum atomic E-state index is -3.59. The number of rotatable bonds is 4. The predicted molar refractivity (Wildman–Crippen MR) is 75.0 cm³/mol. The molecule has 1 saturated heterocycles. The van der Waals surface area contributed by atoms with E-state index in [0.29, 0.717) is 0 Å². The molecule has 1 unspecified atom stereocenters. The first-order chi connectivity index (χ1) is 9.03. The normalized spacial score (nSPS) is 20.4. The zero-order valence-corrected chi connectivity index (χ0v) is 12.1. The summed E-state index contributed by atoms with van der Waals surface area (Å²) in [7, 11) is -3.59. The zero-order chi connectivity index (χ0) is 13.9. The number of hydrogen-bond donors (Lipinski definition) is 2. The predicted octanol–water partition coefficient (Wildman–Crippen LogP) is 1.46. The van der Waals surface area contributed by atoms with Crippen LogP contribution in [-0.2, 0) is 16.6 Å². The van der Waals surface area contributed by atoms with Crippen LogP contribution in [0.4, 0.5) is 4.39 Å². The Bertz CT molecular complexity index is 543. The van der Waals surface area contributed by atoms with E-state index in [1.807, 2.05) is 0 Å². The molecule has 19 heavy (non-hydrogen) atoms. The van der Waals surface area contributed by atoms with Crippen LogP contribution in [0.2, 0.25) is 0 Å². The van der Waals surface area contributed by atoms with Crippen LogP contribution in [0, 0.1) is 5.82 Å². The first kappa shape index (κ1) is 14.8. The van der Waals surface area contributed by atoms with Crippen molar-refractivity contribution < 1.29 is 12.8 Å². The quantitative estimate of drug-likeness (QED) is 0.883. The van der Waals surface area contributed by atoms with Crippen LogP contribution < -0.4 is 10.5 Å². The third-order valence-electron chi connectivity index (χ3n) is 3.03. The molecule has 1 aromatic carbocycles. The maximum absolute atomic E-state index is 13.3. The van der Waals surface area contributed by atoms with Crippen LogP contribution in [0.1, 0.15) is 18.4 Å². The lowest BCUT2D eigenvalue weighted by atomic mass is 10.2. The van der Waals surface area contributed by atoms with Gasteiger partial charge in [0.1, 0.15) is 5.82 Å². The molecule has 0 aromatic heterocycles. The summed E-state index contributed by atoms with van der Waals surface area (Å²) in [6.45, 7) is -0.0194.